The van der Waals surface area contributed by atoms with Crippen LogP contribution in [-0.2, 0) is 7.05 Å². The van der Waals surface area contributed by atoms with Gasteiger partial charge in [0, 0.05) is 47.8 Å². The fourth-order valence-corrected chi connectivity index (χ4v) is 3.25. The highest BCUT2D eigenvalue weighted by Gasteiger charge is 2.14. The standard InChI is InChI=1S/C20H18N2O2/c1-3-22(15-8-9-17-14(12-15)10-11-21(17)2)18-13-20(23)24-19-7-5-4-6-16(18)19/h4-13H,3H2,1-2H3. The Hall–Kier alpha value is -3.01. The lowest BCUT2D eigenvalue weighted by Gasteiger charge is -2.24. The molecule has 0 amide bonds. The normalized spacial score (nSPS) is 11.2. The number of fused-ring (bicyclic) bond motifs is 2. The summed E-state index contributed by atoms with van der Waals surface area (Å²) in [6.45, 7) is 2.84. The van der Waals surface area contributed by atoms with Crippen molar-refractivity contribution < 1.29 is 4.42 Å². The molecule has 0 spiro atoms. The summed E-state index contributed by atoms with van der Waals surface area (Å²) in [7, 11) is 2.04. The highest BCUT2D eigenvalue weighted by molar-refractivity contribution is 5.94. The number of hydrogen-bond acceptors (Lipinski definition) is 3. The number of benzene rings is 2. The van der Waals surface area contributed by atoms with Crippen LogP contribution in [0.5, 0.6) is 0 Å². The Labute approximate surface area is 139 Å². The molecule has 0 aliphatic carbocycles. The Morgan fingerprint density at radius 1 is 1.08 bits per heavy atom. The van der Waals surface area contributed by atoms with E-state index in [9.17, 15) is 4.79 Å². The lowest BCUT2D eigenvalue weighted by molar-refractivity contribution is 0.561. The zero-order valence-electron chi connectivity index (χ0n) is 13.7. The van der Waals surface area contributed by atoms with Crippen molar-refractivity contribution in [3.63, 3.8) is 0 Å². The molecule has 0 radical (unpaired) electrons. The molecule has 2 aromatic carbocycles. The van der Waals surface area contributed by atoms with Crippen molar-refractivity contribution in [1.29, 1.82) is 0 Å². The van der Waals surface area contributed by atoms with Crippen molar-refractivity contribution in [1.82, 2.24) is 4.57 Å². The van der Waals surface area contributed by atoms with Gasteiger partial charge in [-0.05, 0) is 43.3 Å². The van der Waals surface area contributed by atoms with Crippen LogP contribution in [0.4, 0.5) is 11.4 Å². The van der Waals surface area contributed by atoms with E-state index in [1.54, 1.807) is 6.07 Å². The molecule has 24 heavy (non-hydrogen) atoms. The average molecular weight is 318 g/mol. The van der Waals surface area contributed by atoms with Crippen LogP contribution in [0.1, 0.15) is 6.92 Å². The van der Waals surface area contributed by atoms with Gasteiger partial charge in [0.15, 0.2) is 0 Å². The predicted molar refractivity (Wildman–Crippen MR) is 98.1 cm³/mol. The van der Waals surface area contributed by atoms with E-state index in [-0.39, 0.29) is 5.63 Å². The van der Waals surface area contributed by atoms with Crippen LogP contribution in [0.3, 0.4) is 0 Å². The number of aryl methyl sites for hydroxylation is 1. The van der Waals surface area contributed by atoms with E-state index in [4.69, 9.17) is 4.42 Å². The molecule has 0 N–H and O–H groups in total. The molecule has 0 saturated carbocycles. The molecule has 120 valence electrons. The van der Waals surface area contributed by atoms with Crippen LogP contribution in [0.2, 0.25) is 0 Å². The van der Waals surface area contributed by atoms with Gasteiger partial charge in [0.25, 0.3) is 0 Å². The average Bonchev–Trinajstić information content (AvgIpc) is 2.96. The van der Waals surface area contributed by atoms with Gasteiger partial charge in [0.2, 0.25) is 0 Å². The van der Waals surface area contributed by atoms with Crippen LogP contribution in [0.25, 0.3) is 21.9 Å². The third kappa shape index (κ3) is 2.27. The topological polar surface area (TPSA) is 38.4 Å². The van der Waals surface area contributed by atoms with Crippen LogP contribution in [0, 0.1) is 0 Å². The van der Waals surface area contributed by atoms with Crippen LogP contribution < -0.4 is 10.5 Å². The molecule has 4 nitrogen and oxygen atoms in total. The van der Waals surface area contributed by atoms with E-state index in [0.717, 1.165) is 23.3 Å². The third-order valence-corrected chi connectivity index (χ3v) is 4.42. The number of nitrogens with zero attached hydrogens (tertiary/aromatic N) is 2. The summed E-state index contributed by atoms with van der Waals surface area (Å²) in [6.07, 6.45) is 2.05. The summed E-state index contributed by atoms with van der Waals surface area (Å²) in [5.74, 6) is 0. The molecule has 0 saturated heterocycles. The largest absolute Gasteiger partial charge is 0.423 e. The lowest BCUT2D eigenvalue weighted by Crippen LogP contribution is -2.18. The highest BCUT2D eigenvalue weighted by atomic mass is 16.4. The van der Waals surface area contributed by atoms with Gasteiger partial charge in [-0.15, -0.1) is 0 Å². The first-order chi connectivity index (χ1) is 11.7. The molecular formula is C20H18N2O2. The van der Waals surface area contributed by atoms with Crippen molar-refractivity contribution in [3.05, 3.63) is 71.2 Å². The Kier molecular flexibility index (Phi) is 3.38. The monoisotopic (exact) mass is 318 g/mol. The molecule has 2 aromatic heterocycles. The second kappa shape index (κ2) is 5.57. The van der Waals surface area contributed by atoms with Gasteiger partial charge in [-0.3, -0.25) is 0 Å². The summed E-state index contributed by atoms with van der Waals surface area (Å²) in [5, 5.41) is 2.12. The second-order valence-corrected chi connectivity index (χ2v) is 5.86. The SMILES string of the molecule is CCN(c1ccc2c(ccn2C)c1)c1cc(=O)oc2ccccc12. The molecule has 0 fully saturated rings. The van der Waals surface area contributed by atoms with Crippen molar-refractivity contribution in [2.45, 2.75) is 6.92 Å². The summed E-state index contributed by atoms with van der Waals surface area (Å²) >= 11 is 0. The Balaban J connectivity index is 1.93. The van der Waals surface area contributed by atoms with E-state index < -0.39 is 0 Å². The highest BCUT2D eigenvalue weighted by Crippen LogP contribution is 2.32. The maximum Gasteiger partial charge on any atom is 0.338 e. The molecule has 4 rings (SSSR count). The summed E-state index contributed by atoms with van der Waals surface area (Å²) in [6, 6.07) is 17.7. The zero-order valence-corrected chi connectivity index (χ0v) is 13.7. The second-order valence-electron chi connectivity index (χ2n) is 5.86. The van der Waals surface area contributed by atoms with E-state index in [1.165, 1.54) is 10.9 Å². The fourth-order valence-electron chi connectivity index (χ4n) is 3.25. The number of aromatic nitrogens is 1. The number of anilines is 2. The van der Waals surface area contributed by atoms with Crippen molar-refractivity contribution in [3.8, 4) is 0 Å². The minimum Gasteiger partial charge on any atom is -0.423 e. The Bertz CT molecular complexity index is 1090. The number of para-hydroxylation sites is 1. The predicted octanol–water partition coefficient (Wildman–Crippen LogP) is 4.44. The molecular weight excluding hydrogens is 300 g/mol. The van der Waals surface area contributed by atoms with Crippen LogP contribution in [0.15, 0.2) is 70.0 Å². The first kappa shape index (κ1) is 14.6. The minimum absolute atomic E-state index is 0.331. The first-order valence-corrected chi connectivity index (χ1v) is 8.03. The van der Waals surface area contributed by atoms with Gasteiger partial charge in [-0.2, -0.15) is 0 Å². The summed E-state index contributed by atoms with van der Waals surface area (Å²) in [5.41, 5.74) is 3.40. The Morgan fingerprint density at radius 2 is 1.92 bits per heavy atom. The molecule has 0 aliphatic rings. The van der Waals surface area contributed by atoms with E-state index in [2.05, 4.69) is 46.9 Å². The number of hydrogen-bond donors (Lipinski definition) is 0. The summed E-state index contributed by atoms with van der Waals surface area (Å²) < 4.78 is 7.42. The molecule has 0 bridgehead atoms. The maximum absolute atomic E-state index is 12.0. The first-order valence-electron chi connectivity index (χ1n) is 8.03. The molecule has 4 heteroatoms. The lowest BCUT2D eigenvalue weighted by atomic mass is 10.1. The van der Waals surface area contributed by atoms with Gasteiger partial charge < -0.3 is 13.9 Å². The molecule has 2 heterocycles. The van der Waals surface area contributed by atoms with Gasteiger partial charge >= 0.3 is 5.63 Å². The zero-order chi connectivity index (χ0) is 16.7. The van der Waals surface area contributed by atoms with Crippen molar-refractivity contribution in [2.24, 2.45) is 7.05 Å². The Morgan fingerprint density at radius 3 is 2.75 bits per heavy atom. The smallest absolute Gasteiger partial charge is 0.338 e. The molecule has 0 aliphatic heterocycles. The molecule has 4 aromatic rings. The van der Waals surface area contributed by atoms with Crippen molar-refractivity contribution in [2.75, 3.05) is 11.4 Å². The number of rotatable bonds is 3. The summed E-state index contributed by atoms with van der Waals surface area (Å²) in [4.78, 5) is 14.1. The van der Waals surface area contributed by atoms with E-state index in [0.29, 0.717) is 5.58 Å². The fraction of sp³-hybridized carbons (Fsp3) is 0.150. The molecule has 0 unspecified atom stereocenters. The third-order valence-electron chi connectivity index (χ3n) is 4.42. The van der Waals surface area contributed by atoms with Crippen molar-refractivity contribution >= 4 is 33.2 Å². The van der Waals surface area contributed by atoms with Crippen LogP contribution in [-0.4, -0.2) is 11.1 Å². The van der Waals surface area contributed by atoms with Crippen LogP contribution >= 0.6 is 0 Å². The minimum atomic E-state index is -0.331. The molecule has 0 atom stereocenters. The van der Waals surface area contributed by atoms with Gasteiger partial charge in [-0.1, -0.05) is 12.1 Å². The van der Waals surface area contributed by atoms with Gasteiger partial charge in [0.1, 0.15) is 5.58 Å². The van der Waals surface area contributed by atoms with E-state index >= 15 is 0 Å². The van der Waals surface area contributed by atoms with Gasteiger partial charge in [-0.25, -0.2) is 4.79 Å². The van der Waals surface area contributed by atoms with E-state index in [1.807, 2.05) is 31.3 Å². The quantitative estimate of drug-likeness (QED) is 0.524. The maximum atomic E-state index is 12.0. The van der Waals surface area contributed by atoms with Gasteiger partial charge in [0.05, 0.1) is 5.69 Å².